The van der Waals surface area contributed by atoms with Gasteiger partial charge in [-0.1, -0.05) is 0 Å². The van der Waals surface area contributed by atoms with Gasteiger partial charge in [-0.3, -0.25) is 14.3 Å². The van der Waals surface area contributed by atoms with Crippen molar-refractivity contribution in [2.24, 2.45) is 0 Å². The highest BCUT2D eigenvalue weighted by Gasteiger charge is 2.44. The maximum atomic E-state index is 11.7. The van der Waals surface area contributed by atoms with Crippen LogP contribution in [0.1, 0.15) is 6.23 Å². The van der Waals surface area contributed by atoms with E-state index in [-0.39, 0.29) is 17.1 Å². The molecule has 0 radical (unpaired) electrons. The van der Waals surface area contributed by atoms with Gasteiger partial charge in [0.05, 0.1) is 12.9 Å². The van der Waals surface area contributed by atoms with Crippen LogP contribution in [0, 0.1) is 0 Å². The topological polar surface area (TPSA) is 220 Å². The molecule has 9 N–H and O–H groups in total. The number of aromatic amines is 1. The van der Waals surface area contributed by atoms with E-state index >= 15 is 0 Å². The van der Waals surface area contributed by atoms with Crippen molar-refractivity contribution in [1.82, 2.24) is 19.5 Å². The normalized spacial score (nSPS) is 26.5. The van der Waals surface area contributed by atoms with Gasteiger partial charge in [-0.15, -0.1) is 0 Å². The van der Waals surface area contributed by atoms with Crippen LogP contribution in [0.5, 0.6) is 0 Å². The minimum atomic E-state index is -3.81. The first-order chi connectivity index (χ1) is 11.5. The zero-order chi connectivity index (χ0) is 18.9. The fraction of sp³-hybridized carbons (Fsp3) is 0.500. The summed E-state index contributed by atoms with van der Waals surface area (Å²) in [5, 5.41) is 28.7. The molecule has 0 bridgehead atoms. The van der Waals surface area contributed by atoms with Gasteiger partial charge in [0.25, 0.3) is 5.56 Å². The lowest BCUT2D eigenvalue weighted by molar-refractivity contribution is -0.0511. The van der Waals surface area contributed by atoms with E-state index in [0.29, 0.717) is 0 Å². The van der Waals surface area contributed by atoms with Crippen molar-refractivity contribution in [3.63, 3.8) is 0 Å². The van der Waals surface area contributed by atoms with E-state index in [0.717, 1.165) is 0 Å². The van der Waals surface area contributed by atoms with Crippen molar-refractivity contribution in [3.05, 3.63) is 16.7 Å². The molecule has 1 aliphatic rings. The fourth-order valence-electron chi connectivity index (χ4n) is 2.24. The Labute approximate surface area is 144 Å². The Kier molecular flexibility index (Phi) is 5.88. The SMILES string of the molecule is Nc1nc2c(ncn2[C@@H]2O[C@H](CO)[C@@H](O)[C@H]2O)c(=O)[nH]1.OP(O)(O)=S. The molecule has 0 unspecified atom stereocenters. The predicted molar refractivity (Wildman–Crippen MR) is 86.5 cm³/mol. The number of H-pyrrole nitrogens is 1. The van der Waals surface area contributed by atoms with Crippen LogP contribution in [0.15, 0.2) is 11.1 Å². The van der Waals surface area contributed by atoms with Gasteiger partial charge in [-0.25, -0.2) is 4.98 Å². The quantitative estimate of drug-likeness (QED) is 0.231. The number of ether oxygens (including phenoxy) is 1. The molecule has 1 fully saturated rings. The van der Waals surface area contributed by atoms with Crippen LogP contribution in [0.3, 0.4) is 0 Å². The van der Waals surface area contributed by atoms with E-state index in [1.807, 2.05) is 0 Å². The van der Waals surface area contributed by atoms with Crippen molar-refractivity contribution in [1.29, 1.82) is 0 Å². The number of hydrogen-bond donors (Lipinski definition) is 8. The highest BCUT2D eigenvalue weighted by atomic mass is 32.5. The highest BCUT2D eigenvalue weighted by molar-refractivity contribution is 8.06. The third-order valence-corrected chi connectivity index (χ3v) is 3.24. The van der Waals surface area contributed by atoms with E-state index < -0.39 is 43.4 Å². The first-order valence-corrected chi connectivity index (χ1v) is 9.32. The van der Waals surface area contributed by atoms with E-state index in [9.17, 15) is 15.0 Å². The van der Waals surface area contributed by atoms with E-state index in [4.69, 9.17) is 30.3 Å². The summed E-state index contributed by atoms with van der Waals surface area (Å²) in [6.07, 6.45) is -3.21. The maximum Gasteiger partial charge on any atom is 0.319 e. The van der Waals surface area contributed by atoms with Gasteiger partial charge in [-0.05, 0) is 11.8 Å². The summed E-state index contributed by atoms with van der Waals surface area (Å²) in [5.41, 5.74) is 5.12. The van der Waals surface area contributed by atoms with E-state index in [2.05, 4.69) is 26.8 Å². The molecule has 13 nitrogen and oxygen atoms in total. The molecule has 1 aliphatic heterocycles. The molecular weight excluding hydrogens is 381 g/mol. The van der Waals surface area contributed by atoms with Gasteiger partial charge in [0.1, 0.15) is 18.3 Å². The van der Waals surface area contributed by atoms with Crippen molar-refractivity contribution in [3.8, 4) is 0 Å². The number of rotatable bonds is 2. The number of anilines is 1. The number of nitrogens with one attached hydrogen (secondary N) is 1. The number of nitrogens with zero attached hydrogens (tertiary/aromatic N) is 3. The second-order valence-electron chi connectivity index (χ2n) is 5.02. The number of aliphatic hydroxyl groups is 3. The Morgan fingerprint density at radius 3 is 2.48 bits per heavy atom. The Bertz CT molecular complexity index is 843. The number of aliphatic hydroxyl groups excluding tert-OH is 3. The van der Waals surface area contributed by atoms with E-state index in [1.165, 1.54) is 10.9 Å². The molecule has 0 saturated carbocycles. The molecule has 2 aromatic rings. The number of aromatic nitrogens is 4. The number of hydrogen-bond acceptors (Lipinski definition) is 9. The number of fused-ring (bicyclic) bond motifs is 1. The summed E-state index contributed by atoms with van der Waals surface area (Å²) >= 11 is 3.60. The summed E-state index contributed by atoms with van der Waals surface area (Å²) < 4.78 is 6.64. The van der Waals surface area contributed by atoms with Crippen LogP contribution in [-0.4, -0.2) is 74.4 Å². The van der Waals surface area contributed by atoms with Gasteiger partial charge < -0.3 is 40.5 Å². The number of nitrogen functional groups attached to an aromatic ring is 1. The Hall–Kier alpha value is -1.48. The molecule has 3 heterocycles. The van der Waals surface area contributed by atoms with Crippen LogP contribution in [0.2, 0.25) is 0 Å². The molecular formula is C10H16N5O8PS. The van der Waals surface area contributed by atoms with Gasteiger partial charge in [0.2, 0.25) is 5.95 Å². The van der Waals surface area contributed by atoms with Crippen LogP contribution in [-0.2, 0) is 16.5 Å². The first-order valence-electron chi connectivity index (χ1n) is 6.66. The third-order valence-electron chi connectivity index (χ3n) is 3.24. The van der Waals surface area contributed by atoms with Crippen LogP contribution in [0.4, 0.5) is 5.95 Å². The largest absolute Gasteiger partial charge is 0.394 e. The van der Waals surface area contributed by atoms with Crippen LogP contribution < -0.4 is 11.3 Å². The highest BCUT2D eigenvalue weighted by Crippen LogP contribution is 2.30. The molecule has 140 valence electrons. The Morgan fingerprint density at radius 2 is 1.96 bits per heavy atom. The molecule has 1 saturated heterocycles. The lowest BCUT2D eigenvalue weighted by Gasteiger charge is -2.16. The molecule has 0 amide bonds. The van der Waals surface area contributed by atoms with Crippen molar-refractivity contribution in [2.75, 3.05) is 12.3 Å². The molecule has 3 rings (SSSR count). The van der Waals surface area contributed by atoms with Gasteiger partial charge in [0, 0.05) is 0 Å². The molecule has 15 heteroatoms. The minimum Gasteiger partial charge on any atom is -0.394 e. The first kappa shape index (κ1) is 19.8. The Balaban J connectivity index is 0.000000399. The van der Waals surface area contributed by atoms with Gasteiger partial charge >= 0.3 is 6.72 Å². The fourth-order valence-corrected chi connectivity index (χ4v) is 2.24. The van der Waals surface area contributed by atoms with Crippen LogP contribution >= 0.6 is 6.72 Å². The summed E-state index contributed by atoms with van der Waals surface area (Å²) in [5.74, 6) is -0.101. The lowest BCUT2D eigenvalue weighted by Crippen LogP contribution is -2.33. The van der Waals surface area contributed by atoms with Crippen molar-refractivity contribution in [2.45, 2.75) is 24.5 Å². The molecule has 0 aromatic carbocycles. The summed E-state index contributed by atoms with van der Waals surface area (Å²) in [6, 6.07) is 0. The average molecular weight is 397 g/mol. The smallest absolute Gasteiger partial charge is 0.319 e. The molecule has 4 atom stereocenters. The number of nitrogens with two attached hydrogens (primary N) is 1. The zero-order valence-corrected chi connectivity index (χ0v) is 14.1. The molecule has 25 heavy (non-hydrogen) atoms. The second-order valence-corrected chi connectivity index (χ2v) is 7.51. The van der Waals surface area contributed by atoms with Gasteiger partial charge in [-0.2, -0.15) is 4.98 Å². The zero-order valence-electron chi connectivity index (χ0n) is 12.4. The maximum absolute atomic E-state index is 11.7. The minimum absolute atomic E-state index is 0.0388. The summed E-state index contributed by atoms with van der Waals surface area (Å²) in [6.45, 7) is -4.25. The number of imidazole rings is 1. The van der Waals surface area contributed by atoms with Gasteiger partial charge in [0.15, 0.2) is 17.4 Å². The van der Waals surface area contributed by atoms with Crippen molar-refractivity contribution < 1.29 is 34.7 Å². The van der Waals surface area contributed by atoms with Crippen LogP contribution in [0.25, 0.3) is 11.2 Å². The standard InChI is InChI=1S/C10H13N5O5.H3O3PS/c11-10-13-7-4(8(19)14-10)12-2-15(7)9-6(18)5(17)3(1-16)20-9;1-4(2,3)5/h2-3,5-6,9,16-18H,1H2,(H3,11,13,14,19);(H3,1,2,3,5)/t3-,5-,6-,9-;/m1./s1. The third kappa shape index (κ3) is 4.58. The summed E-state index contributed by atoms with van der Waals surface area (Å²) in [4.78, 5) is 44.4. The average Bonchev–Trinajstić information content (AvgIpc) is 3.00. The second kappa shape index (κ2) is 7.41. The molecule has 0 spiro atoms. The molecule has 2 aromatic heterocycles. The van der Waals surface area contributed by atoms with Crippen molar-refractivity contribution >= 4 is 35.6 Å². The summed E-state index contributed by atoms with van der Waals surface area (Å²) in [7, 11) is 0. The van der Waals surface area contributed by atoms with E-state index in [1.54, 1.807) is 0 Å². The monoisotopic (exact) mass is 397 g/mol. The Morgan fingerprint density at radius 1 is 1.36 bits per heavy atom. The molecule has 0 aliphatic carbocycles. The lowest BCUT2D eigenvalue weighted by atomic mass is 10.1. The predicted octanol–water partition coefficient (Wildman–Crippen LogP) is -3.50.